The van der Waals surface area contributed by atoms with E-state index in [0.29, 0.717) is 24.6 Å². The first-order chi connectivity index (χ1) is 17.5. The Balaban J connectivity index is 1.51. The molecule has 0 spiro atoms. The first-order valence-corrected chi connectivity index (χ1v) is 14.7. The van der Waals surface area contributed by atoms with Crippen LogP contribution in [0, 0.1) is 13.8 Å². The summed E-state index contributed by atoms with van der Waals surface area (Å²) in [6, 6.07) is 15.0. The Kier molecular flexibility index (Phi) is 7.91. The lowest BCUT2D eigenvalue weighted by atomic mass is 10.1. The predicted molar refractivity (Wildman–Crippen MR) is 142 cm³/mol. The van der Waals surface area contributed by atoms with Crippen molar-refractivity contribution >= 4 is 48.9 Å². The summed E-state index contributed by atoms with van der Waals surface area (Å²) in [4.78, 5) is 12.7. The Bertz CT molecular complexity index is 1540. The van der Waals surface area contributed by atoms with Crippen LogP contribution in [-0.2, 0) is 24.8 Å². The van der Waals surface area contributed by atoms with E-state index in [-0.39, 0.29) is 33.5 Å². The van der Waals surface area contributed by atoms with Gasteiger partial charge in [-0.3, -0.25) is 9.52 Å². The maximum absolute atomic E-state index is 13.1. The Morgan fingerprint density at radius 1 is 0.919 bits per heavy atom. The summed E-state index contributed by atoms with van der Waals surface area (Å²) in [6.07, 6.45) is 0. The van der Waals surface area contributed by atoms with Gasteiger partial charge in [-0.05, 0) is 67.9 Å². The van der Waals surface area contributed by atoms with E-state index in [1.54, 1.807) is 19.1 Å². The second-order valence-corrected chi connectivity index (χ2v) is 12.6. The fraction of sp³-hybridized carbons (Fsp3) is 0.240. The summed E-state index contributed by atoms with van der Waals surface area (Å²) < 4.78 is 60.8. The number of nitrogens with one attached hydrogen (secondary N) is 2. The number of ether oxygens (including phenoxy) is 1. The van der Waals surface area contributed by atoms with Gasteiger partial charge < -0.3 is 10.1 Å². The van der Waals surface area contributed by atoms with Gasteiger partial charge in [0.15, 0.2) is 0 Å². The van der Waals surface area contributed by atoms with Crippen molar-refractivity contribution in [3.05, 3.63) is 82.4 Å². The molecule has 3 aromatic carbocycles. The third-order valence-corrected chi connectivity index (χ3v) is 9.59. The number of benzene rings is 3. The number of halogens is 1. The molecule has 3 aromatic rings. The zero-order chi connectivity index (χ0) is 26.8. The van der Waals surface area contributed by atoms with E-state index in [1.807, 2.05) is 13.0 Å². The number of morpholine rings is 1. The molecule has 37 heavy (non-hydrogen) atoms. The molecule has 1 amide bonds. The zero-order valence-electron chi connectivity index (χ0n) is 20.2. The summed E-state index contributed by atoms with van der Waals surface area (Å²) in [6.45, 7) is 4.93. The van der Waals surface area contributed by atoms with E-state index >= 15 is 0 Å². The third kappa shape index (κ3) is 6.13. The van der Waals surface area contributed by atoms with Crippen LogP contribution >= 0.6 is 11.6 Å². The van der Waals surface area contributed by atoms with Crippen LogP contribution in [-0.4, -0.2) is 53.4 Å². The molecule has 1 aliphatic rings. The van der Waals surface area contributed by atoms with Crippen molar-refractivity contribution in [2.75, 3.05) is 36.3 Å². The summed E-state index contributed by atoms with van der Waals surface area (Å²) in [7, 11) is -7.75. The molecule has 0 aliphatic carbocycles. The van der Waals surface area contributed by atoms with Gasteiger partial charge in [0.25, 0.3) is 15.9 Å². The van der Waals surface area contributed by atoms with Gasteiger partial charge in [0.2, 0.25) is 10.0 Å². The summed E-state index contributed by atoms with van der Waals surface area (Å²) in [5.74, 6) is -0.580. The van der Waals surface area contributed by atoms with Crippen molar-refractivity contribution in [2.24, 2.45) is 0 Å². The lowest BCUT2D eigenvalue weighted by Gasteiger charge is -2.26. The normalized spacial score (nSPS) is 14.8. The Labute approximate surface area is 221 Å². The molecule has 0 radical (unpaired) electrons. The largest absolute Gasteiger partial charge is 0.379 e. The number of rotatable bonds is 7. The second kappa shape index (κ2) is 10.8. The number of amides is 1. The molecule has 4 rings (SSSR count). The highest BCUT2D eigenvalue weighted by molar-refractivity contribution is 7.92. The monoisotopic (exact) mass is 563 g/mol. The molecule has 0 saturated carbocycles. The van der Waals surface area contributed by atoms with Crippen LogP contribution in [0.15, 0.2) is 70.5 Å². The minimum absolute atomic E-state index is 0.0357. The molecular weight excluding hydrogens is 538 g/mol. The van der Waals surface area contributed by atoms with Crippen LogP contribution in [0.5, 0.6) is 0 Å². The fourth-order valence-corrected chi connectivity index (χ4v) is 6.89. The van der Waals surface area contributed by atoms with Gasteiger partial charge >= 0.3 is 0 Å². The highest BCUT2D eigenvalue weighted by Gasteiger charge is 2.26. The minimum Gasteiger partial charge on any atom is -0.379 e. The van der Waals surface area contributed by atoms with E-state index in [4.69, 9.17) is 16.3 Å². The number of hydrogen-bond donors (Lipinski definition) is 2. The number of aryl methyl sites for hydroxylation is 2. The van der Waals surface area contributed by atoms with Gasteiger partial charge in [-0.2, -0.15) is 4.31 Å². The molecule has 1 heterocycles. The standard InChI is InChI=1S/C25H26ClN3O6S2/c1-17-3-10-23(18(2)15-17)28-36(31,32)24-16-19(4-9-22(24)26)25(30)27-20-5-7-21(8-6-20)37(33,34)29-11-13-35-14-12-29/h3-10,15-16,28H,11-14H2,1-2H3,(H,27,30). The molecule has 1 fully saturated rings. The van der Waals surface area contributed by atoms with Crippen LogP contribution in [0.25, 0.3) is 0 Å². The Hall–Kier alpha value is -2.96. The van der Waals surface area contributed by atoms with Crippen LogP contribution in [0.1, 0.15) is 21.5 Å². The SMILES string of the molecule is Cc1ccc(NS(=O)(=O)c2cc(C(=O)Nc3ccc(S(=O)(=O)N4CCOCC4)cc3)ccc2Cl)c(C)c1. The lowest BCUT2D eigenvalue weighted by Crippen LogP contribution is -2.40. The number of carbonyl (C=O) groups is 1. The molecule has 196 valence electrons. The molecule has 9 nitrogen and oxygen atoms in total. The van der Waals surface area contributed by atoms with Gasteiger partial charge in [-0.25, -0.2) is 16.8 Å². The highest BCUT2D eigenvalue weighted by Crippen LogP contribution is 2.27. The van der Waals surface area contributed by atoms with Gasteiger partial charge in [-0.1, -0.05) is 29.3 Å². The molecule has 2 N–H and O–H groups in total. The average Bonchev–Trinajstić information content (AvgIpc) is 2.86. The zero-order valence-corrected chi connectivity index (χ0v) is 22.6. The van der Waals surface area contributed by atoms with E-state index in [2.05, 4.69) is 10.0 Å². The molecule has 0 atom stereocenters. The van der Waals surface area contributed by atoms with Gasteiger partial charge in [0, 0.05) is 24.3 Å². The predicted octanol–water partition coefficient (Wildman–Crippen LogP) is 4.03. The smallest absolute Gasteiger partial charge is 0.263 e. The maximum atomic E-state index is 13.1. The quantitative estimate of drug-likeness (QED) is 0.447. The molecule has 1 aliphatic heterocycles. The van der Waals surface area contributed by atoms with Crippen molar-refractivity contribution in [2.45, 2.75) is 23.6 Å². The Morgan fingerprint density at radius 2 is 1.59 bits per heavy atom. The molecule has 0 unspecified atom stereocenters. The fourth-order valence-electron chi connectivity index (χ4n) is 3.83. The van der Waals surface area contributed by atoms with Crippen molar-refractivity contribution in [1.82, 2.24) is 4.31 Å². The molecule has 0 bridgehead atoms. The lowest BCUT2D eigenvalue weighted by molar-refractivity contribution is 0.0730. The van der Waals surface area contributed by atoms with E-state index < -0.39 is 26.0 Å². The number of nitrogens with zero attached hydrogens (tertiary/aromatic N) is 1. The highest BCUT2D eigenvalue weighted by atomic mass is 35.5. The topological polar surface area (TPSA) is 122 Å². The average molecular weight is 564 g/mol. The minimum atomic E-state index is -4.08. The Morgan fingerprint density at radius 3 is 2.24 bits per heavy atom. The van der Waals surface area contributed by atoms with Crippen molar-refractivity contribution in [3.63, 3.8) is 0 Å². The van der Waals surface area contributed by atoms with Gasteiger partial charge in [0.05, 0.1) is 28.8 Å². The van der Waals surface area contributed by atoms with Gasteiger partial charge in [-0.15, -0.1) is 0 Å². The van der Waals surface area contributed by atoms with E-state index in [9.17, 15) is 21.6 Å². The molecule has 0 aromatic heterocycles. The van der Waals surface area contributed by atoms with Crippen molar-refractivity contribution < 1.29 is 26.4 Å². The van der Waals surface area contributed by atoms with E-state index in [0.717, 1.165) is 11.1 Å². The summed E-state index contributed by atoms with van der Waals surface area (Å²) in [5, 5.41) is 2.62. The summed E-state index contributed by atoms with van der Waals surface area (Å²) >= 11 is 6.18. The molecular formula is C25H26ClN3O6S2. The maximum Gasteiger partial charge on any atom is 0.263 e. The number of hydrogen-bond acceptors (Lipinski definition) is 6. The summed E-state index contributed by atoms with van der Waals surface area (Å²) in [5.41, 5.74) is 2.55. The first kappa shape index (κ1) is 27.1. The second-order valence-electron chi connectivity index (χ2n) is 8.56. The van der Waals surface area contributed by atoms with Crippen LogP contribution in [0.2, 0.25) is 5.02 Å². The first-order valence-electron chi connectivity index (χ1n) is 11.4. The molecule has 12 heteroatoms. The van der Waals surface area contributed by atoms with Crippen molar-refractivity contribution in [3.8, 4) is 0 Å². The third-order valence-electron chi connectivity index (χ3n) is 5.83. The molecule has 1 saturated heterocycles. The van der Waals surface area contributed by atoms with Crippen LogP contribution in [0.3, 0.4) is 0 Å². The van der Waals surface area contributed by atoms with Gasteiger partial charge in [0.1, 0.15) is 4.90 Å². The van der Waals surface area contributed by atoms with E-state index in [1.165, 1.54) is 46.8 Å². The number of sulfonamides is 2. The number of carbonyl (C=O) groups excluding carboxylic acids is 1. The van der Waals surface area contributed by atoms with Crippen molar-refractivity contribution in [1.29, 1.82) is 0 Å². The van der Waals surface area contributed by atoms with Crippen LogP contribution in [0.4, 0.5) is 11.4 Å². The number of anilines is 2. The van der Waals surface area contributed by atoms with Crippen LogP contribution < -0.4 is 10.0 Å².